The van der Waals surface area contributed by atoms with Crippen molar-refractivity contribution in [1.82, 2.24) is 5.32 Å². The van der Waals surface area contributed by atoms with E-state index in [4.69, 9.17) is 0 Å². The second kappa shape index (κ2) is 5.48. The largest absolute Gasteiger partial charge is 0.406 e. The molecule has 0 aliphatic carbocycles. The number of nitrogens with one attached hydrogen (secondary N) is 1. The molecule has 0 aliphatic rings. The standard InChI is InChI=1S/C13H14F3NOS/c1-2-17-12(13(14,15)16)11(18)9-4-3-8-5-6-19-10(8)7-9/h3-7,11-12,17-18H,2H2,1H3. The summed E-state index contributed by atoms with van der Waals surface area (Å²) in [6.07, 6.45) is -6.09. The molecule has 0 saturated heterocycles. The Morgan fingerprint density at radius 1 is 1.32 bits per heavy atom. The number of halogens is 3. The lowest BCUT2D eigenvalue weighted by Gasteiger charge is -2.26. The number of hydrogen-bond donors (Lipinski definition) is 2. The van der Waals surface area contributed by atoms with Crippen molar-refractivity contribution in [2.24, 2.45) is 0 Å². The molecule has 1 aromatic carbocycles. The molecule has 2 rings (SSSR count). The van der Waals surface area contributed by atoms with Crippen LogP contribution in [0.1, 0.15) is 18.6 Å². The van der Waals surface area contributed by atoms with E-state index in [2.05, 4.69) is 5.32 Å². The molecular formula is C13H14F3NOS. The van der Waals surface area contributed by atoms with Crippen LogP contribution in [-0.4, -0.2) is 23.9 Å². The number of aliphatic hydroxyl groups excluding tert-OH is 1. The van der Waals surface area contributed by atoms with E-state index >= 15 is 0 Å². The molecule has 0 aliphatic heterocycles. The molecule has 0 amide bonds. The highest BCUT2D eigenvalue weighted by Gasteiger charge is 2.44. The quantitative estimate of drug-likeness (QED) is 0.903. The SMILES string of the molecule is CCNC(C(O)c1ccc2ccsc2c1)C(F)(F)F. The van der Waals surface area contributed by atoms with Crippen LogP contribution >= 0.6 is 11.3 Å². The Kier molecular flexibility index (Phi) is 4.13. The molecule has 2 nitrogen and oxygen atoms in total. The first-order valence-electron chi connectivity index (χ1n) is 5.89. The Hall–Kier alpha value is -1.11. The number of benzene rings is 1. The second-order valence-corrected chi connectivity index (χ2v) is 5.19. The fraction of sp³-hybridized carbons (Fsp3) is 0.385. The smallest absolute Gasteiger partial charge is 0.386 e. The predicted octanol–water partition coefficient (Wildman–Crippen LogP) is 3.48. The summed E-state index contributed by atoms with van der Waals surface area (Å²) in [5, 5.41) is 15.1. The number of rotatable bonds is 4. The Morgan fingerprint density at radius 3 is 2.68 bits per heavy atom. The van der Waals surface area contributed by atoms with Gasteiger partial charge in [0.25, 0.3) is 0 Å². The molecule has 1 heterocycles. The summed E-state index contributed by atoms with van der Waals surface area (Å²) in [7, 11) is 0. The topological polar surface area (TPSA) is 32.3 Å². The van der Waals surface area contributed by atoms with Crippen molar-refractivity contribution in [2.75, 3.05) is 6.54 Å². The lowest BCUT2D eigenvalue weighted by Crippen LogP contribution is -2.46. The minimum absolute atomic E-state index is 0.141. The molecule has 104 valence electrons. The molecule has 2 atom stereocenters. The van der Waals surface area contributed by atoms with E-state index in [1.165, 1.54) is 17.4 Å². The van der Waals surface area contributed by atoms with Gasteiger partial charge >= 0.3 is 6.18 Å². The van der Waals surface area contributed by atoms with Crippen LogP contribution in [0.5, 0.6) is 0 Å². The number of likely N-dealkylation sites (N-methyl/N-ethyl adjacent to an activating group) is 1. The summed E-state index contributed by atoms with van der Waals surface area (Å²) in [5.74, 6) is 0. The van der Waals surface area contributed by atoms with Crippen LogP contribution in [-0.2, 0) is 0 Å². The molecule has 0 fully saturated rings. The summed E-state index contributed by atoms with van der Waals surface area (Å²) < 4.78 is 39.5. The molecule has 0 radical (unpaired) electrons. The van der Waals surface area contributed by atoms with E-state index in [-0.39, 0.29) is 12.1 Å². The van der Waals surface area contributed by atoms with Gasteiger partial charge in [0, 0.05) is 4.70 Å². The van der Waals surface area contributed by atoms with Crippen molar-refractivity contribution in [2.45, 2.75) is 25.2 Å². The van der Waals surface area contributed by atoms with Crippen molar-refractivity contribution in [3.05, 3.63) is 35.2 Å². The Balaban J connectivity index is 2.32. The molecule has 2 unspecified atom stereocenters. The van der Waals surface area contributed by atoms with Crippen molar-refractivity contribution < 1.29 is 18.3 Å². The molecule has 2 aromatic rings. The molecular weight excluding hydrogens is 275 g/mol. The molecule has 6 heteroatoms. The lowest BCUT2D eigenvalue weighted by atomic mass is 10.0. The normalized spacial score (nSPS) is 15.6. The second-order valence-electron chi connectivity index (χ2n) is 4.24. The lowest BCUT2D eigenvalue weighted by molar-refractivity contribution is -0.178. The van der Waals surface area contributed by atoms with E-state index in [1.807, 2.05) is 11.4 Å². The summed E-state index contributed by atoms with van der Waals surface area (Å²) in [6.45, 7) is 1.72. The summed E-state index contributed by atoms with van der Waals surface area (Å²) in [4.78, 5) is 0. The van der Waals surface area contributed by atoms with Gasteiger partial charge in [-0.1, -0.05) is 19.1 Å². The van der Waals surface area contributed by atoms with E-state index in [9.17, 15) is 18.3 Å². The molecule has 0 saturated carbocycles. The van der Waals surface area contributed by atoms with Crippen LogP contribution < -0.4 is 5.32 Å². The molecule has 19 heavy (non-hydrogen) atoms. The average molecular weight is 289 g/mol. The zero-order valence-electron chi connectivity index (χ0n) is 10.2. The number of hydrogen-bond acceptors (Lipinski definition) is 3. The van der Waals surface area contributed by atoms with E-state index in [0.29, 0.717) is 0 Å². The van der Waals surface area contributed by atoms with Gasteiger partial charge in [0.05, 0.1) is 0 Å². The van der Waals surface area contributed by atoms with E-state index in [0.717, 1.165) is 10.1 Å². The van der Waals surface area contributed by atoms with Crippen LogP contribution in [0.3, 0.4) is 0 Å². The van der Waals surface area contributed by atoms with Crippen molar-refractivity contribution in [3.8, 4) is 0 Å². The third-order valence-electron chi connectivity index (χ3n) is 2.91. The van der Waals surface area contributed by atoms with E-state index in [1.54, 1.807) is 19.1 Å². The molecule has 1 aromatic heterocycles. The fourth-order valence-corrected chi connectivity index (χ4v) is 2.81. The molecule has 0 spiro atoms. The monoisotopic (exact) mass is 289 g/mol. The van der Waals surface area contributed by atoms with Crippen molar-refractivity contribution in [1.29, 1.82) is 0 Å². The summed E-state index contributed by atoms with van der Waals surface area (Å²) in [6, 6.07) is 4.82. The van der Waals surface area contributed by atoms with Gasteiger partial charge in [0.15, 0.2) is 0 Å². The van der Waals surface area contributed by atoms with Crippen molar-refractivity contribution in [3.63, 3.8) is 0 Å². The third kappa shape index (κ3) is 3.08. The van der Waals surface area contributed by atoms with Crippen LogP contribution in [0.15, 0.2) is 29.6 Å². The van der Waals surface area contributed by atoms with Gasteiger partial charge in [-0.3, -0.25) is 0 Å². The Labute approximate surface area is 112 Å². The maximum Gasteiger partial charge on any atom is 0.406 e. The number of alkyl halides is 3. The van der Waals surface area contributed by atoms with Gasteiger partial charge in [-0.15, -0.1) is 11.3 Å². The van der Waals surface area contributed by atoms with Gasteiger partial charge in [0.1, 0.15) is 12.1 Å². The average Bonchev–Trinajstić information content (AvgIpc) is 2.80. The minimum Gasteiger partial charge on any atom is -0.386 e. The van der Waals surface area contributed by atoms with Crippen molar-refractivity contribution >= 4 is 21.4 Å². The van der Waals surface area contributed by atoms with Crippen LogP contribution in [0.4, 0.5) is 13.2 Å². The number of thiophene rings is 1. The number of aliphatic hydroxyl groups is 1. The maximum absolute atomic E-state index is 12.9. The molecule has 0 bridgehead atoms. The summed E-state index contributed by atoms with van der Waals surface area (Å²) in [5.41, 5.74) is 0.276. The van der Waals surface area contributed by atoms with Gasteiger partial charge in [-0.05, 0) is 35.0 Å². The highest BCUT2D eigenvalue weighted by Crippen LogP contribution is 2.32. The zero-order chi connectivity index (χ0) is 14.0. The fourth-order valence-electron chi connectivity index (χ4n) is 1.97. The predicted molar refractivity (Wildman–Crippen MR) is 70.3 cm³/mol. The van der Waals surface area contributed by atoms with Gasteiger partial charge in [-0.25, -0.2) is 0 Å². The molecule has 2 N–H and O–H groups in total. The van der Waals surface area contributed by atoms with Crippen LogP contribution in [0.25, 0.3) is 10.1 Å². The van der Waals surface area contributed by atoms with Crippen LogP contribution in [0, 0.1) is 0 Å². The Morgan fingerprint density at radius 2 is 2.05 bits per heavy atom. The first kappa shape index (κ1) is 14.3. The van der Waals surface area contributed by atoms with Gasteiger partial charge in [0.2, 0.25) is 0 Å². The highest BCUT2D eigenvalue weighted by atomic mass is 32.1. The van der Waals surface area contributed by atoms with Crippen LogP contribution in [0.2, 0.25) is 0 Å². The Bertz CT molecular complexity index is 552. The summed E-state index contributed by atoms with van der Waals surface area (Å²) >= 11 is 1.44. The maximum atomic E-state index is 12.9. The number of fused-ring (bicyclic) bond motifs is 1. The van der Waals surface area contributed by atoms with Gasteiger partial charge < -0.3 is 10.4 Å². The zero-order valence-corrected chi connectivity index (χ0v) is 11.1. The minimum atomic E-state index is -4.49. The van der Waals surface area contributed by atoms with Gasteiger partial charge in [-0.2, -0.15) is 13.2 Å². The third-order valence-corrected chi connectivity index (χ3v) is 3.79. The first-order chi connectivity index (χ1) is 8.93. The highest BCUT2D eigenvalue weighted by molar-refractivity contribution is 7.17. The van der Waals surface area contributed by atoms with E-state index < -0.39 is 18.3 Å². The first-order valence-corrected chi connectivity index (χ1v) is 6.76.